The molecule has 0 spiro atoms. The molecule has 0 aromatic heterocycles. The van der Waals surface area contributed by atoms with Crippen LogP contribution in [0.3, 0.4) is 0 Å². The number of hydrogen-bond donors (Lipinski definition) is 1. The first kappa shape index (κ1) is 18.4. The first-order valence-electron chi connectivity index (χ1n) is 9.07. The Morgan fingerprint density at radius 1 is 1.31 bits per heavy atom. The smallest absolute Gasteiger partial charge is 0.227 e. The van der Waals surface area contributed by atoms with Gasteiger partial charge in [0.05, 0.1) is 11.6 Å². The Balaban J connectivity index is 1.48. The van der Waals surface area contributed by atoms with Gasteiger partial charge in [0.25, 0.3) is 0 Å². The van der Waals surface area contributed by atoms with Crippen LogP contribution in [0.25, 0.3) is 0 Å². The molecule has 3 rings (SSSR count). The summed E-state index contributed by atoms with van der Waals surface area (Å²) in [5.74, 6) is -1.18. The number of likely N-dealkylation sites (tertiary alicyclic amines) is 1. The van der Waals surface area contributed by atoms with Crippen LogP contribution >= 0.6 is 0 Å². The lowest BCUT2D eigenvalue weighted by Gasteiger charge is -2.18. The highest BCUT2D eigenvalue weighted by Crippen LogP contribution is 2.28. The van der Waals surface area contributed by atoms with Crippen LogP contribution in [0.2, 0.25) is 0 Å². The van der Waals surface area contributed by atoms with Crippen LogP contribution in [-0.2, 0) is 14.4 Å². The van der Waals surface area contributed by atoms with E-state index < -0.39 is 11.7 Å². The molecule has 1 aromatic rings. The van der Waals surface area contributed by atoms with Crippen molar-refractivity contribution in [2.75, 3.05) is 31.1 Å². The molecule has 2 aliphatic heterocycles. The molecule has 140 valence electrons. The van der Waals surface area contributed by atoms with Crippen molar-refractivity contribution >= 4 is 23.4 Å². The zero-order chi connectivity index (χ0) is 18.7. The summed E-state index contributed by atoms with van der Waals surface area (Å²) in [6, 6.07) is 4.71. The lowest BCUT2D eigenvalue weighted by Crippen LogP contribution is -2.35. The number of carbonyl (C=O) groups is 3. The third kappa shape index (κ3) is 4.03. The Morgan fingerprint density at radius 2 is 2.12 bits per heavy atom. The van der Waals surface area contributed by atoms with Gasteiger partial charge in [0.1, 0.15) is 5.82 Å². The van der Waals surface area contributed by atoms with Gasteiger partial charge in [-0.2, -0.15) is 0 Å². The van der Waals surface area contributed by atoms with Crippen LogP contribution in [-0.4, -0.2) is 48.8 Å². The molecule has 2 aliphatic rings. The average molecular weight is 361 g/mol. The maximum atomic E-state index is 14.1. The molecule has 1 atom stereocenters. The number of halogens is 1. The summed E-state index contributed by atoms with van der Waals surface area (Å²) >= 11 is 0. The van der Waals surface area contributed by atoms with Gasteiger partial charge in [0, 0.05) is 39.0 Å². The van der Waals surface area contributed by atoms with E-state index in [-0.39, 0.29) is 36.4 Å². The summed E-state index contributed by atoms with van der Waals surface area (Å²) < 4.78 is 14.1. The Bertz CT molecular complexity index is 722. The lowest BCUT2D eigenvalue weighted by molar-refractivity contribution is -0.127. The summed E-state index contributed by atoms with van der Waals surface area (Å²) in [7, 11) is 0. The van der Waals surface area contributed by atoms with Crippen molar-refractivity contribution in [3.63, 3.8) is 0 Å². The van der Waals surface area contributed by atoms with Crippen molar-refractivity contribution in [3.8, 4) is 0 Å². The zero-order valence-corrected chi connectivity index (χ0v) is 15.0. The van der Waals surface area contributed by atoms with E-state index in [0.717, 1.165) is 18.5 Å². The highest BCUT2D eigenvalue weighted by molar-refractivity contribution is 6.00. The summed E-state index contributed by atoms with van der Waals surface area (Å²) in [6.45, 7) is 3.87. The Kier molecular flexibility index (Phi) is 5.54. The molecule has 2 heterocycles. The fourth-order valence-electron chi connectivity index (χ4n) is 3.51. The van der Waals surface area contributed by atoms with Crippen LogP contribution in [0.5, 0.6) is 0 Å². The quantitative estimate of drug-likeness (QED) is 0.783. The molecule has 3 amide bonds. The molecule has 2 fully saturated rings. The Labute approximate surface area is 152 Å². The van der Waals surface area contributed by atoms with Gasteiger partial charge in [0.2, 0.25) is 17.7 Å². The first-order valence-corrected chi connectivity index (χ1v) is 9.07. The minimum absolute atomic E-state index is 0.0871. The zero-order valence-electron chi connectivity index (χ0n) is 15.0. The molecule has 1 aromatic carbocycles. The topological polar surface area (TPSA) is 69.7 Å². The number of rotatable bonds is 6. The number of anilines is 1. The number of carbonyl (C=O) groups excluding carboxylic acids is 3. The Morgan fingerprint density at radius 3 is 2.81 bits per heavy atom. The highest BCUT2D eigenvalue weighted by atomic mass is 19.1. The SMILES string of the molecule is Cc1ccc(N2CC(C(=O)NCCCN3CCCC3=O)CC2=O)c(F)c1. The van der Waals surface area contributed by atoms with Crippen molar-refractivity contribution in [2.45, 2.75) is 32.6 Å². The van der Waals surface area contributed by atoms with Crippen molar-refractivity contribution in [1.29, 1.82) is 0 Å². The van der Waals surface area contributed by atoms with Crippen molar-refractivity contribution in [3.05, 3.63) is 29.6 Å². The second-order valence-corrected chi connectivity index (χ2v) is 6.99. The van der Waals surface area contributed by atoms with Gasteiger partial charge >= 0.3 is 0 Å². The normalized spacial score (nSPS) is 20.2. The standard InChI is InChI=1S/C19H24FN3O3/c1-13-5-6-16(15(20)10-13)23-12-14(11-18(23)25)19(26)21-7-3-9-22-8-2-4-17(22)24/h5-6,10,14H,2-4,7-9,11-12H2,1H3,(H,21,26). The van der Waals surface area contributed by atoms with Gasteiger partial charge in [-0.05, 0) is 37.5 Å². The first-order chi connectivity index (χ1) is 12.5. The minimum Gasteiger partial charge on any atom is -0.356 e. The fourth-order valence-corrected chi connectivity index (χ4v) is 3.51. The van der Waals surface area contributed by atoms with E-state index in [1.54, 1.807) is 19.1 Å². The fraction of sp³-hybridized carbons (Fsp3) is 0.526. The molecule has 26 heavy (non-hydrogen) atoms. The largest absolute Gasteiger partial charge is 0.356 e. The molecule has 0 aliphatic carbocycles. The van der Waals surface area contributed by atoms with Gasteiger partial charge in [-0.25, -0.2) is 4.39 Å². The molecule has 0 radical (unpaired) electrons. The van der Waals surface area contributed by atoms with Gasteiger partial charge in [-0.15, -0.1) is 0 Å². The molecular formula is C19H24FN3O3. The van der Waals surface area contributed by atoms with E-state index in [1.165, 1.54) is 11.0 Å². The molecule has 0 bridgehead atoms. The van der Waals surface area contributed by atoms with E-state index in [0.29, 0.717) is 25.9 Å². The third-order valence-corrected chi connectivity index (χ3v) is 4.97. The Hall–Kier alpha value is -2.44. The van der Waals surface area contributed by atoms with Gasteiger partial charge in [-0.1, -0.05) is 6.07 Å². The van der Waals surface area contributed by atoms with Crippen LogP contribution in [0.4, 0.5) is 10.1 Å². The van der Waals surface area contributed by atoms with Gasteiger partial charge < -0.3 is 15.1 Å². The maximum absolute atomic E-state index is 14.1. The van der Waals surface area contributed by atoms with E-state index in [2.05, 4.69) is 5.32 Å². The summed E-state index contributed by atoms with van der Waals surface area (Å²) in [5.41, 5.74) is 1.01. The van der Waals surface area contributed by atoms with Gasteiger partial charge in [0.15, 0.2) is 0 Å². The summed E-state index contributed by atoms with van der Waals surface area (Å²) in [6.07, 6.45) is 2.29. The molecule has 1 N–H and O–H groups in total. The second-order valence-electron chi connectivity index (χ2n) is 6.99. The number of aryl methyl sites for hydroxylation is 1. The summed E-state index contributed by atoms with van der Waals surface area (Å²) in [5, 5.41) is 2.83. The van der Waals surface area contributed by atoms with Crippen LogP contribution in [0.15, 0.2) is 18.2 Å². The van der Waals surface area contributed by atoms with Crippen molar-refractivity contribution in [1.82, 2.24) is 10.2 Å². The number of nitrogens with zero attached hydrogens (tertiary/aromatic N) is 2. The van der Waals surface area contributed by atoms with Crippen LogP contribution in [0.1, 0.15) is 31.2 Å². The van der Waals surface area contributed by atoms with Crippen molar-refractivity contribution < 1.29 is 18.8 Å². The number of hydrogen-bond acceptors (Lipinski definition) is 3. The predicted molar refractivity (Wildman–Crippen MR) is 95.0 cm³/mol. The van der Waals surface area contributed by atoms with E-state index >= 15 is 0 Å². The molecule has 2 saturated heterocycles. The molecular weight excluding hydrogens is 337 g/mol. The van der Waals surface area contributed by atoms with E-state index in [1.807, 2.05) is 4.90 Å². The number of amides is 3. The summed E-state index contributed by atoms with van der Waals surface area (Å²) in [4.78, 5) is 39.2. The second kappa shape index (κ2) is 7.85. The molecule has 1 unspecified atom stereocenters. The molecule has 7 heteroatoms. The lowest BCUT2D eigenvalue weighted by atomic mass is 10.1. The van der Waals surface area contributed by atoms with Crippen molar-refractivity contribution in [2.24, 2.45) is 5.92 Å². The van der Waals surface area contributed by atoms with Crippen LogP contribution < -0.4 is 10.2 Å². The highest BCUT2D eigenvalue weighted by Gasteiger charge is 2.36. The maximum Gasteiger partial charge on any atom is 0.227 e. The van der Waals surface area contributed by atoms with E-state index in [9.17, 15) is 18.8 Å². The average Bonchev–Trinajstić information content (AvgIpc) is 3.17. The number of nitrogens with one attached hydrogen (secondary N) is 1. The minimum atomic E-state index is -0.475. The van der Waals surface area contributed by atoms with Crippen LogP contribution in [0, 0.1) is 18.7 Å². The van der Waals surface area contributed by atoms with E-state index in [4.69, 9.17) is 0 Å². The molecule has 6 nitrogen and oxygen atoms in total. The van der Waals surface area contributed by atoms with Gasteiger partial charge in [-0.3, -0.25) is 14.4 Å². The molecule has 0 saturated carbocycles. The third-order valence-electron chi connectivity index (χ3n) is 4.97. The predicted octanol–water partition coefficient (Wildman–Crippen LogP) is 1.62. The number of benzene rings is 1. The monoisotopic (exact) mass is 361 g/mol.